The Balaban J connectivity index is 4.60. The molecule has 0 aromatic heterocycles. The molecule has 138 valence electrons. The second-order valence-corrected chi connectivity index (χ2v) is 7.14. The first-order valence-electron chi connectivity index (χ1n) is 8.74. The average molecular weight is 332 g/mol. The summed E-state index contributed by atoms with van der Waals surface area (Å²) in [6.45, 7) is 13.1. The number of aliphatic hydroxyl groups excluding tert-OH is 2. The minimum atomic E-state index is -0.828. The van der Waals surface area contributed by atoms with Crippen LogP contribution in [-0.4, -0.2) is 52.6 Å². The summed E-state index contributed by atoms with van der Waals surface area (Å²) in [5.74, 6) is 0.142. The fourth-order valence-corrected chi connectivity index (χ4v) is 2.38. The van der Waals surface area contributed by atoms with E-state index in [1.54, 1.807) is 6.92 Å². The molecule has 0 saturated heterocycles. The molecule has 0 aliphatic heterocycles. The van der Waals surface area contributed by atoms with Gasteiger partial charge in [-0.2, -0.15) is 0 Å². The summed E-state index contributed by atoms with van der Waals surface area (Å²) in [4.78, 5) is 11.8. The van der Waals surface area contributed by atoms with E-state index in [2.05, 4.69) is 0 Å². The topological polar surface area (TPSA) is 76.0 Å². The summed E-state index contributed by atoms with van der Waals surface area (Å²) in [6, 6.07) is 0. The van der Waals surface area contributed by atoms with Crippen LogP contribution in [0.15, 0.2) is 0 Å². The standard InChI is InChI=1S/C18H36O5/c1-11(2)15(19)8-9-18(23-13(5)6)17(21)10-16(20)14(7)22-12(3)4/h11-14,16-18,20-21H,8-10H2,1-7H3. The summed E-state index contributed by atoms with van der Waals surface area (Å²) >= 11 is 0. The summed E-state index contributed by atoms with van der Waals surface area (Å²) < 4.78 is 11.3. The number of carbonyl (C=O) groups is 1. The molecular weight excluding hydrogens is 296 g/mol. The van der Waals surface area contributed by atoms with Crippen molar-refractivity contribution >= 4 is 5.78 Å². The van der Waals surface area contributed by atoms with Crippen molar-refractivity contribution in [3.05, 3.63) is 0 Å². The molecule has 0 fully saturated rings. The van der Waals surface area contributed by atoms with Crippen molar-refractivity contribution in [3.63, 3.8) is 0 Å². The lowest BCUT2D eigenvalue weighted by molar-refractivity contribution is -0.126. The number of hydrogen-bond donors (Lipinski definition) is 2. The fraction of sp³-hybridized carbons (Fsp3) is 0.944. The van der Waals surface area contributed by atoms with Crippen LogP contribution in [-0.2, 0) is 14.3 Å². The van der Waals surface area contributed by atoms with E-state index in [9.17, 15) is 15.0 Å². The molecule has 4 atom stereocenters. The number of aliphatic hydroxyl groups is 2. The largest absolute Gasteiger partial charge is 0.390 e. The van der Waals surface area contributed by atoms with E-state index < -0.39 is 18.3 Å². The number of ketones is 1. The molecule has 0 rings (SSSR count). The van der Waals surface area contributed by atoms with E-state index >= 15 is 0 Å². The highest BCUT2D eigenvalue weighted by Crippen LogP contribution is 2.18. The first kappa shape index (κ1) is 22.5. The molecule has 0 amide bonds. The van der Waals surface area contributed by atoms with E-state index in [0.29, 0.717) is 12.8 Å². The van der Waals surface area contributed by atoms with Gasteiger partial charge < -0.3 is 19.7 Å². The van der Waals surface area contributed by atoms with Crippen LogP contribution in [0.1, 0.15) is 67.7 Å². The molecule has 0 bridgehead atoms. The van der Waals surface area contributed by atoms with Crippen molar-refractivity contribution in [1.82, 2.24) is 0 Å². The lowest BCUT2D eigenvalue weighted by Crippen LogP contribution is -2.38. The molecule has 0 spiro atoms. The first-order chi connectivity index (χ1) is 10.5. The zero-order chi connectivity index (χ0) is 18.2. The Bertz CT molecular complexity index is 327. The predicted octanol–water partition coefficient (Wildman–Crippen LogP) is 2.71. The lowest BCUT2D eigenvalue weighted by Gasteiger charge is -2.29. The zero-order valence-electron chi connectivity index (χ0n) is 15.8. The molecule has 0 radical (unpaired) electrons. The van der Waals surface area contributed by atoms with Gasteiger partial charge in [-0.15, -0.1) is 0 Å². The normalized spacial score (nSPS) is 17.6. The van der Waals surface area contributed by atoms with Gasteiger partial charge in [0.2, 0.25) is 0 Å². The minimum absolute atomic E-state index is 0.0168. The maximum Gasteiger partial charge on any atom is 0.135 e. The third-order valence-electron chi connectivity index (χ3n) is 3.71. The van der Waals surface area contributed by atoms with Gasteiger partial charge in [0, 0.05) is 18.8 Å². The van der Waals surface area contributed by atoms with Crippen LogP contribution in [0.2, 0.25) is 0 Å². The summed E-state index contributed by atoms with van der Waals surface area (Å²) in [7, 11) is 0. The average Bonchev–Trinajstić information content (AvgIpc) is 2.41. The SMILES string of the molecule is CC(C)OC(C)C(O)CC(O)C(CCC(=O)C(C)C)OC(C)C. The fourth-order valence-electron chi connectivity index (χ4n) is 2.38. The second kappa shape index (κ2) is 11.1. The van der Waals surface area contributed by atoms with Crippen LogP contribution in [0, 0.1) is 5.92 Å². The molecule has 0 aliphatic rings. The molecule has 5 heteroatoms. The number of rotatable bonds is 12. The van der Waals surface area contributed by atoms with Crippen molar-refractivity contribution in [2.45, 2.75) is 104 Å². The quantitative estimate of drug-likeness (QED) is 0.575. The van der Waals surface area contributed by atoms with Gasteiger partial charge >= 0.3 is 0 Å². The van der Waals surface area contributed by atoms with Gasteiger partial charge in [-0.25, -0.2) is 0 Å². The van der Waals surface area contributed by atoms with Gasteiger partial charge in [-0.05, 0) is 41.0 Å². The van der Waals surface area contributed by atoms with Gasteiger partial charge in [0.1, 0.15) is 5.78 Å². The number of Topliss-reactive ketones (excluding diaryl/α,β-unsaturated/α-hetero) is 1. The molecular formula is C18H36O5. The van der Waals surface area contributed by atoms with E-state index in [4.69, 9.17) is 9.47 Å². The zero-order valence-corrected chi connectivity index (χ0v) is 15.8. The maximum absolute atomic E-state index is 11.8. The van der Waals surface area contributed by atoms with E-state index in [1.165, 1.54) is 0 Å². The summed E-state index contributed by atoms with van der Waals surface area (Å²) in [5.41, 5.74) is 0. The molecule has 2 N–H and O–H groups in total. The molecule has 4 unspecified atom stereocenters. The smallest absolute Gasteiger partial charge is 0.135 e. The highest BCUT2D eigenvalue weighted by molar-refractivity contribution is 5.80. The lowest BCUT2D eigenvalue weighted by atomic mass is 9.96. The molecule has 0 aromatic rings. The van der Waals surface area contributed by atoms with Gasteiger partial charge in [0.15, 0.2) is 0 Å². The Morgan fingerprint density at radius 1 is 0.870 bits per heavy atom. The third kappa shape index (κ3) is 10.1. The van der Waals surface area contributed by atoms with Crippen molar-refractivity contribution in [3.8, 4) is 0 Å². The molecule has 0 saturated carbocycles. The van der Waals surface area contributed by atoms with Gasteiger partial charge in [-0.1, -0.05) is 13.8 Å². The number of hydrogen-bond acceptors (Lipinski definition) is 5. The Hall–Kier alpha value is -0.490. The monoisotopic (exact) mass is 332 g/mol. The van der Waals surface area contributed by atoms with Crippen molar-refractivity contribution in [2.24, 2.45) is 5.92 Å². The van der Waals surface area contributed by atoms with Crippen molar-refractivity contribution in [1.29, 1.82) is 0 Å². The van der Waals surface area contributed by atoms with Crippen LogP contribution in [0.5, 0.6) is 0 Å². The van der Waals surface area contributed by atoms with E-state index in [-0.39, 0.29) is 36.4 Å². The van der Waals surface area contributed by atoms with Crippen molar-refractivity contribution < 1.29 is 24.5 Å². The van der Waals surface area contributed by atoms with Crippen LogP contribution in [0.3, 0.4) is 0 Å². The van der Waals surface area contributed by atoms with Crippen molar-refractivity contribution in [2.75, 3.05) is 0 Å². The molecule has 0 heterocycles. The maximum atomic E-state index is 11.8. The van der Waals surface area contributed by atoms with Gasteiger partial charge in [-0.3, -0.25) is 4.79 Å². The van der Waals surface area contributed by atoms with Gasteiger partial charge in [0.25, 0.3) is 0 Å². The van der Waals surface area contributed by atoms with E-state index in [0.717, 1.165) is 0 Å². The van der Waals surface area contributed by atoms with E-state index in [1.807, 2.05) is 41.5 Å². The summed E-state index contributed by atoms with van der Waals surface area (Å²) in [5, 5.41) is 20.6. The molecule has 0 aromatic carbocycles. The Kier molecular flexibility index (Phi) is 10.9. The van der Waals surface area contributed by atoms with Crippen LogP contribution >= 0.6 is 0 Å². The summed E-state index contributed by atoms with van der Waals surface area (Å²) in [6.07, 6.45) is -1.45. The Labute approximate surface area is 141 Å². The minimum Gasteiger partial charge on any atom is -0.390 e. The highest BCUT2D eigenvalue weighted by Gasteiger charge is 2.27. The van der Waals surface area contributed by atoms with Crippen LogP contribution in [0.4, 0.5) is 0 Å². The van der Waals surface area contributed by atoms with Gasteiger partial charge in [0.05, 0.1) is 36.6 Å². The Morgan fingerprint density at radius 3 is 1.83 bits per heavy atom. The first-order valence-corrected chi connectivity index (χ1v) is 8.74. The molecule has 5 nitrogen and oxygen atoms in total. The third-order valence-corrected chi connectivity index (χ3v) is 3.71. The molecule has 23 heavy (non-hydrogen) atoms. The number of ether oxygens (including phenoxy) is 2. The predicted molar refractivity (Wildman–Crippen MR) is 91.4 cm³/mol. The molecule has 0 aliphatic carbocycles. The van der Waals surface area contributed by atoms with Crippen LogP contribution < -0.4 is 0 Å². The second-order valence-electron chi connectivity index (χ2n) is 7.14. The highest BCUT2D eigenvalue weighted by atomic mass is 16.5. The number of carbonyl (C=O) groups excluding carboxylic acids is 1. The van der Waals surface area contributed by atoms with Crippen LogP contribution in [0.25, 0.3) is 0 Å². The Morgan fingerprint density at radius 2 is 1.39 bits per heavy atom.